The van der Waals surface area contributed by atoms with Crippen LogP contribution < -0.4 is 16.6 Å². The van der Waals surface area contributed by atoms with Crippen LogP contribution in [0.3, 0.4) is 0 Å². The van der Waals surface area contributed by atoms with Crippen molar-refractivity contribution in [1.82, 2.24) is 9.97 Å². The van der Waals surface area contributed by atoms with Gasteiger partial charge in [-0.1, -0.05) is 13.3 Å². The molecule has 1 fully saturated rings. The Morgan fingerprint density at radius 3 is 3.00 bits per heavy atom. The molecule has 1 heterocycles. The molecule has 0 bridgehead atoms. The van der Waals surface area contributed by atoms with E-state index in [1.165, 1.54) is 6.07 Å². The minimum atomic E-state index is -0.0864. The van der Waals surface area contributed by atoms with Gasteiger partial charge in [0.25, 0.3) is 5.56 Å². The van der Waals surface area contributed by atoms with Gasteiger partial charge in [-0.05, 0) is 19.3 Å². The van der Waals surface area contributed by atoms with Crippen LogP contribution in [-0.4, -0.2) is 22.6 Å². The number of anilines is 1. The van der Waals surface area contributed by atoms with Crippen molar-refractivity contribution in [2.75, 3.05) is 11.9 Å². The average molecular weight is 236 g/mol. The van der Waals surface area contributed by atoms with Crippen LogP contribution in [0, 0.1) is 0 Å². The highest BCUT2D eigenvalue weighted by molar-refractivity contribution is 5.35. The number of nitrogens with two attached hydrogens (primary N) is 1. The molecular formula is C12H20N4O. The number of H-pyrrole nitrogens is 1. The van der Waals surface area contributed by atoms with E-state index >= 15 is 0 Å². The largest absolute Gasteiger partial charge is 0.366 e. The number of hydrogen-bond donors (Lipinski definition) is 3. The molecule has 4 N–H and O–H groups in total. The molecule has 0 spiro atoms. The van der Waals surface area contributed by atoms with Gasteiger partial charge in [-0.15, -0.1) is 0 Å². The molecule has 1 atom stereocenters. The second kappa shape index (κ2) is 5.31. The minimum absolute atomic E-state index is 0.0864. The highest BCUT2D eigenvalue weighted by Gasteiger charge is 2.26. The van der Waals surface area contributed by atoms with Gasteiger partial charge in [-0.3, -0.25) is 4.79 Å². The van der Waals surface area contributed by atoms with Crippen LogP contribution >= 0.6 is 0 Å². The molecule has 5 heteroatoms. The van der Waals surface area contributed by atoms with Gasteiger partial charge >= 0.3 is 0 Å². The Morgan fingerprint density at radius 1 is 1.65 bits per heavy atom. The Balaban J connectivity index is 2.11. The van der Waals surface area contributed by atoms with E-state index in [1.807, 2.05) is 0 Å². The van der Waals surface area contributed by atoms with Gasteiger partial charge in [0.1, 0.15) is 11.6 Å². The summed E-state index contributed by atoms with van der Waals surface area (Å²) in [4.78, 5) is 18.7. The minimum Gasteiger partial charge on any atom is -0.366 e. The molecule has 0 aliphatic heterocycles. The lowest BCUT2D eigenvalue weighted by molar-refractivity contribution is 0.644. The molecule has 2 rings (SSSR count). The first kappa shape index (κ1) is 12.1. The van der Waals surface area contributed by atoms with Crippen LogP contribution in [0.5, 0.6) is 0 Å². The van der Waals surface area contributed by atoms with E-state index in [2.05, 4.69) is 22.2 Å². The lowest BCUT2D eigenvalue weighted by Gasteiger charge is -2.16. The van der Waals surface area contributed by atoms with Crippen LogP contribution in [-0.2, 0) is 0 Å². The lowest BCUT2D eigenvalue weighted by atomic mass is 10.2. The van der Waals surface area contributed by atoms with Crippen molar-refractivity contribution >= 4 is 5.82 Å². The molecule has 5 nitrogen and oxygen atoms in total. The summed E-state index contributed by atoms with van der Waals surface area (Å²) in [6.45, 7) is 2.67. The molecule has 0 aromatic carbocycles. The zero-order chi connectivity index (χ0) is 12.3. The standard InChI is InChI=1S/C12H20N4O/c1-2-3-9(7-13)14-10-6-11(17)16-12(15-10)8-4-5-8/h6,8-9H,2-5,7,13H2,1H3,(H2,14,15,16,17). The first-order chi connectivity index (χ1) is 8.22. The fraction of sp³-hybridized carbons (Fsp3) is 0.667. The summed E-state index contributed by atoms with van der Waals surface area (Å²) in [6, 6.07) is 1.70. The molecule has 1 aromatic rings. The van der Waals surface area contributed by atoms with E-state index in [4.69, 9.17) is 5.73 Å². The fourth-order valence-electron chi connectivity index (χ4n) is 1.91. The predicted molar refractivity (Wildman–Crippen MR) is 68.2 cm³/mol. The average Bonchev–Trinajstić information content (AvgIpc) is 3.11. The fourth-order valence-corrected chi connectivity index (χ4v) is 1.91. The maximum absolute atomic E-state index is 11.5. The van der Waals surface area contributed by atoms with Crippen molar-refractivity contribution in [2.24, 2.45) is 5.73 Å². The molecule has 0 saturated heterocycles. The third-order valence-corrected chi connectivity index (χ3v) is 3.00. The molecule has 1 aliphatic rings. The van der Waals surface area contributed by atoms with Gasteiger partial charge in [-0.25, -0.2) is 4.98 Å². The summed E-state index contributed by atoms with van der Waals surface area (Å²) >= 11 is 0. The van der Waals surface area contributed by atoms with Gasteiger partial charge in [0.05, 0.1) is 0 Å². The SMILES string of the molecule is CCCC(CN)Nc1cc(=O)[nH]c(C2CC2)n1. The van der Waals surface area contributed by atoms with Gasteiger partial charge in [-0.2, -0.15) is 0 Å². The first-order valence-electron chi connectivity index (χ1n) is 6.30. The van der Waals surface area contributed by atoms with E-state index in [9.17, 15) is 4.79 Å². The van der Waals surface area contributed by atoms with E-state index < -0.39 is 0 Å². The summed E-state index contributed by atoms with van der Waals surface area (Å²) in [7, 11) is 0. The zero-order valence-corrected chi connectivity index (χ0v) is 10.2. The summed E-state index contributed by atoms with van der Waals surface area (Å²) in [5.41, 5.74) is 5.59. The lowest BCUT2D eigenvalue weighted by Crippen LogP contribution is -2.30. The monoisotopic (exact) mass is 236 g/mol. The highest BCUT2D eigenvalue weighted by atomic mass is 16.1. The number of hydrogen-bond acceptors (Lipinski definition) is 4. The van der Waals surface area contributed by atoms with Crippen LogP contribution in [0.1, 0.15) is 44.3 Å². The third-order valence-electron chi connectivity index (χ3n) is 3.00. The third kappa shape index (κ3) is 3.30. The normalized spacial score (nSPS) is 16.8. The number of nitrogens with one attached hydrogen (secondary N) is 2. The summed E-state index contributed by atoms with van der Waals surface area (Å²) in [6.07, 6.45) is 4.31. The molecule has 0 amide bonds. The molecule has 1 aromatic heterocycles. The Bertz CT molecular complexity index is 425. The van der Waals surface area contributed by atoms with Crippen LogP contribution in [0.4, 0.5) is 5.82 Å². The van der Waals surface area contributed by atoms with E-state index in [0.29, 0.717) is 18.3 Å². The molecule has 1 unspecified atom stereocenters. The van der Waals surface area contributed by atoms with Crippen LogP contribution in [0.2, 0.25) is 0 Å². The smallest absolute Gasteiger partial charge is 0.252 e. The summed E-state index contributed by atoms with van der Waals surface area (Å²) in [5, 5.41) is 3.24. The van der Waals surface area contributed by atoms with Gasteiger partial charge < -0.3 is 16.0 Å². The van der Waals surface area contributed by atoms with Crippen molar-refractivity contribution in [3.8, 4) is 0 Å². The van der Waals surface area contributed by atoms with Crippen molar-refractivity contribution in [3.63, 3.8) is 0 Å². The molecule has 0 radical (unpaired) electrons. The summed E-state index contributed by atoms with van der Waals surface area (Å²) in [5.74, 6) is 1.92. The van der Waals surface area contributed by atoms with E-state index in [1.54, 1.807) is 0 Å². The Labute approximate surface area is 101 Å². The van der Waals surface area contributed by atoms with Crippen molar-refractivity contribution in [2.45, 2.75) is 44.6 Å². The van der Waals surface area contributed by atoms with Gasteiger partial charge in [0.15, 0.2) is 0 Å². The number of aromatic amines is 1. The first-order valence-corrected chi connectivity index (χ1v) is 6.30. The summed E-state index contributed by atoms with van der Waals surface area (Å²) < 4.78 is 0. The molecular weight excluding hydrogens is 216 g/mol. The van der Waals surface area contributed by atoms with E-state index in [0.717, 1.165) is 31.5 Å². The van der Waals surface area contributed by atoms with Crippen LogP contribution in [0.25, 0.3) is 0 Å². The van der Waals surface area contributed by atoms with Crippen LogP contribution in [0.15, 0.2) is 10.9 Å². The Hall–Kier alpha value is -1.36. The molecule has 1 saturated carbocycles. The van der Waals surface area contributed by atoms with E-state index in [-0.39, 0.29) is 11.6 Å². The quantitative estimate of drug-likeness (QED) is 0.692. The highest BCUT2D eigenvalue weighted by Crippen LogP contribution is 2.37. The van der Waals surface area contributed by atoms with Crippen molar-refractivity contribution in [3.05, 3.63) is 22.2 Å². The topological polar surface area (TPSA) is 83.8 Å². The van der Waals surface area contributed by atoms with Crippen molar-refractivity contribution < 1.29 is 0 Å². The maximum atomic E-state index is 11.5. The molecule has 17 heavy (non-hydrogen) atoms. The number of rotatable bonds is 6. The zero-order valence-electron chi connectivity index (χ0n) is 10.2. The Morgan fingerprint density at radius 2 is 2.41 bits per heavy atom. The van der Waals surface area contributed by atoms with Gasteiger partial charge in [0.2, 0.25) is 0 Å². The van der Waals surface area contributed by atoms with Crippen molar-refractivity contribution in [1.29, 1.82) is 0 Å². The number of nitrogens with zero attached hydrogens (tertiary/aromatic N) is 1. The molecule has 1 aliphatic carbocycles. The molecule has 94 valence electrons. The maximum Gasteiger partial charge on any atom is 0.252 e. The Kier molecular flexibility index (Phi) is 3.78. The second-order valence-corrected chi connectivity index (χ2v) is 4.66. The van der Waals surface area contributed by atoms with Gasteiger partial charge in [0, 0.05) is 24.6 Å². The number of aromatic nitrogens is 2. The second-order valence-electron chi connectivity index (χ2n) is 4.66. The predicted octanol–water partition coefficient (Wildman–Crippen LogP) is 1.19.